The van der Waals surface area contributed by atoms with Crippen molar-refractivity contribution in [1.82, 2.24) is 5.32 Å². The molecule has 0 spiro atoms. The number of hydrogen-bond acceptors (Lipinski definition) is 4. The van der Waals surface area contributed by atoms with Crippen molar-refractivity contribution in [1.29, 1.82) is 0 Å². The van der Waals surface area contributed by atoms with Gasteiger partial charge in [0.05, 0.1) is 12.2 Å². The lowest BCUT2D eigenvalue weighted by atomic mass is 9.98. The van der Waals surface area contributed by atoms with Gasteiger partial charge in [-0.2, -0.15) is 0 Å². The first-order chi connectivity index (χ1) is 17.8. The molecule has 0 aliphatic heterocycles. The van der Waals surface area contributed by atoms with Gasteiger partial charge in [0, 0.05) is 29.5 Å². The molecule has 0 aliphatic rings. The molecule has 0 saturated carbocycles. The van der Waals surface area contributed by atoms with Crippen LogP contribution in [0.5, 0.6) is 5.75 Å². The van der Waals surface area contributed by atoms with E-state index in [-0.39, 0.29) is 17.3 Å². The van der Waals surface area contributed by atoms with Crippen molar-refractivity contribution in [3.63, 3.8) is 0 Å². The van der Waals surface area contributed by atoms with Crippen LogP contribution in [-0.2, 0) is 6.42 Å². The second-order valence-corrected chi connectivity index (χ2v) is 9.46. The highest BCUT2D eigenvalue weighted by atomic mass is 19.1. The van der Waals surface area contributed by atoms with E-state index in [0.717, 1.165) is 17.5 Å². The summed E-state index contributed by atoms with van der Waals surface area (Å²) in [5.74, 6) is 0.195. The topological polar surface area (TPSA) is 94.6 Å². The fraction of sp³-hybridized carbons (Fsp3) is 0.267. The number of carbonyl (C=O) groups is 2. The van der Waals surface area contributed by atoms with Crippen molar-refractivity contribution in [3.8, 4) is 17.1 Å². The first-order valence-electron chi connectivity index (χ1n) is 12.4. The van der Waals surface area contributed by atoms with Gasteiger partial charge in [-0.25, -0.2) is 4.39 Å². The van der Waals surface area contributed by atoms with Crippen LogP contribution in [0.15, 0.2) is 65.1 Å². The molecule has 1 heterocycles. The zero-order valence-corrected chi connectivity index (χ0v) is 21.3. The Morgan fingerprint density at radius 1 is 1.05 bits per heavy atom. The van der Waals surface area contributed by atoms with Gasteiger partial charge >= 0.3 is 0 Å². The predicted molar refractivity (Wildman–Crippen MR) is 142 cm³/mol. The van der Waals surface area contributed by atoms with Crippen molar-refractivity contribution in [3.05, 3.63) is 88.7 Å². The maximum Gasteiger partial charge on any atom is 0.253 e. The molecule has 0 atom stereocenters. The molecular weight excluding hydrogens is 471 g/mol. The monoisotopic (exact) mass is 502 g/mol. The molecule has 7 heteroatoms. The van der Waals surface area contributed by atoms with Gasteiger partial charge < -0.3 is 20.2 Å². The SMILES string of the molecule is CCCOc1ccc(C(=O)NCC(C)C)cc1Cc1ccc2oc(-c3ccc(F)cc3)c(C(N)=O)c2c1. The predicted octanol–water partition coefficient (Wildman–Crippen LogP) is 6.10. The highest BCUT2D eigenvalue weighted by molar-refractivity contribution is 6.10. The minimum atomic E-state index is -0.633. The lowest BCUT2D eigenvalue weighted by Gasteiger charge is -2.14. The Morgan fingerprint density at radius 2 is 1.81 bits per heavy atom. The summed E-state index contributed by atoms with van der Waals surface area (Å²) < 4.78 is 25.4. The average molecular weight is 503 g/mol. The van der Waals surface area contributed by atoms with Crippen molar-refractivity contribution >= 4 is 22.8 Å². The molecule has 37 heavy (non-hydrogen) atoms. The summed E-state index contributed by atoms with van der Waals surface area (Å²) in [5, 5.41) is 3.53. The maximum absolute atomic E-state index is 13.4. The van der Waals surface area contributed by atoms with Gasteiger partial charge in [0.2, 0.25) is 0 Å². The summed E-state index contributed by atoms with van der Waals surface area (Å²) in [5.41, 5.74) is 9.34. The lowest BCUT2D eigenvalue weighted by Crippen LogP contribution is -2.27. The summed E-state index contributed by atoms with van der Waals surface area (Å²) in [4.78, 5) is 25.1. The second-order valence-electron chi connectivity index (χ2n) is 9.46. The van der Waals surface area contributed by atoms with Crippen molar-refractivity contribution in [2.75, 3.05) is 13.2 Å². The number of hydrogen-bond donors (Lipinski definition) is 2. The summed E-state index contributed by atoms with van der Waals surface area (Å²) in [6.07, 6.45) is 1.32. The van der Waals surface area contributed by atoms with E-state index in [1.54, 1.807) is 24.3 Å². The quantitative estimate of drug-likeness (QED) is 0.274. The summed E-state index contributed by atoms with van der Waals surface area (Å²) in [6, 6.07) is 16.7. The molecular formula is C30H31FN2O4. The molecule has 4 aromatic rings. The first kappa shape index (κ1) is 25.9. The number of nitrogens with one attached hydrogen (secondary N) is 1. The molecule has 3 N–H and O–H groups in total. The van der Waals surface area contributed by atoms with Crippen molar-refractivity contribution in [2.45, 2.75) is 33.6 Å². The van der Waals surface area contributed by atoms with Crippen molar-refractivity contribution < 1.29 is 23.1 Å². The number of carbonyl (C=O) groups excluding carboxylic acids is 2. The molecule has 0 saturated heterocycles. The number of ether oxygens (including phenoxy) is 1. The minimum Gasteiger partial charge on any atom is -0.493 e. The number of furan rings is 1. The van der Waals surface area contributed by atoms with Crippen LogP contribution >= 0.6 is 0 Å². The van der Waals surface area contributed by atoms with Crippen LogP contribution in [0, 0.1) is 11.7 Å². The third-order valence-electron chi connectivity index (χ3n) is 5.96. The number of fused-ring (bicyclic) bond motifs is 1. The van der Waals surface area contributed by atoms with Crippen LogP contribution in [0.25, 0.3) is 22.3 Å². The molecule has 4 rings (SSSR count). The molecule has 0 fully saturated rings. The Hall–Kier alpha value is -4.13. The van der Waals surface area contributed by atoms with Crippen LogP contribution in [0.2, 0.25) is 0 Å². The maximum atomic E-state index is 13.4. The molecule has 6 nitrogen and oxygen atoms in total. The highest BCUT2D eigenvalue weighted by Gasteiger charge is 2.21. The first-order valence-corrected chi connectivity index (χ1v) is 12.4. The van der Waals surface area contributed by atoms with Crippen LogP contribution in [0.1, 0.15) is 59.0 Å². The van der Waals surface area contributed by atoms with E-state index in [1.165, 1.54) is 12.1 Å². The number of halogens is 1. The molecule has 3 aromatic carbocycles. The van der Waals surface area contributed by atoms with Gasteiger partial charge in [0.25, 0.3) is 11.8 Å². The minimum absolute atomic E-state index is 0.137. The Balaban J connectivity index is 1.72. The van der Waals surface area contributed by atoms with E-state index in [4.69, 9.17) is 14.9 Å². The van der Waals surface area contributed by atoms with E-state index in [1.807, 2.05) is 45.0 Å². The molecule has 0 radical (unpaired) electrons. The Kier molecular flexibility index (Phi) is 7.92. The Labute approximate surface area is 215 Å². The summed E-state index contributed by atoms with van der Waals surface area (Å²) in [6.45, 7) is 7.26. The van der Waals surface area contributed by atoms with Gasteiger partial charge in [-0.1, -0.05) is 26.8 Å². The fourth-order valence-electron chi connectivity index (χ4n) is 4.13. The van der Waals surface area contributed by atoms with Gasteiger partial charge in [-0.15, -0.1) is 0 Å². The fourth-order valence-corrected chi connectivity index (χ4v) is 4.13. The van der Waals surface area contributed by atoms with Gasteiger partial charge in [0.15, 0.2) is 0 Å². The third kappa shape index (κ3) is 6.00. The van der Waals surface area contributed by atoms with Crippen LogP contribution in [-0.4, -0.2) is 25.0 Å². The standard InChI is InChI=1S/C30H31FN2O4/c1-4-13-36-25-12-8-21(30(35)33-17-18(2)3)16-22(25)14-19-5-11-26-24(15-19)27(29(32)34)28(37-26)20-6-9-23(31)10-7-20/h5-12,15-16,18H,4,13-14,17H2,1-3H3,(H2,32,34)(H,33,35). The van der Waals surface area contributed by atoms with E-state index in [2.05, 4.69) is 5.32 Å². The zero-order valence-electron chi connectivity index (χ0n) is 21.3. The molecule has 0 unspecified atom stereocenters. The number of primary amides is 1. The Bertz CT molecular complexity index is 1420. The molecule has 192 valence electrons. The Morgan fingerprint density at radius 3 is 2.49 bits per heavy atom. The number of benzene rings is 3. The van der Waals surface area contributed by atoms with E-state index in [0.29, 0.717) is 59.1 Å². The molecule has 2 amide bonds. The molecule has 1 aromatic heterocycles. The second kappa shape index (κ2) is 11.3. The lowest BCUT2D eigenvalue weighted by molar-refractivity contribution is 0.0947. The smallest absolute Gasteiger partial charge is 0.253 e. The normalized spacial score (nSPS) is 11.2. The van der Waals surface area contributed by atoms with E-state index in [9.17, 15) is 14.0 Å². The number of nitrogens with two attached hydrogens (primary N) is 1. The van der Waals surface area contributed by atoms with Gasteiger partial charge in [-0.3, -0.25) is 9.59 Å². The van der Waals surface area contributed by atoms with Crippen molar-refractivity contribution in [2.24, 2.45) is 11.7 Å². The summed E-state index contributed by atoms with van der Waals surface area (Å²) >= 11 is 0. The largest absolute Gasteiger partial charge is 0.493 e. The molecule has 0 aliphatic carbocycles. The van der Waals surface area contributed by atoms with Crippen LogP contribution < -0.4 is 15.8 Å². The number of rotatable bonds is 10. The summed E-state index contributed by atoms with van der Waals surface area (Å²) in [7, 11) is 0. The van der Waals surface area contributed by atoms with Gasteiger partial charge in [0.1, 0.15) is 22.9 Å². The molecule has 0 bridgehead atoms. The van der Waals surface area contributed by atoms with E-state index >= 15 is 0 Å². The zero-order chi connectivity index (χ0) is 26.5. The third-order valence-corrected chi connectivity index (χ3v) is 5.96. The van der Waals surface area contributed by atoms with E-state index < -0.39 is 5.91 Å². The van der Waals surface area contributed by atoms with Crippen LogP contribution in [0.3, 0.4) is 0 Å². The number of amides is 2. The average Bonchev–Trinajstić information content (AvgIpc) is 3.26. The van der Waals surface area contributed by atoms with Gasteiger partial charge in [-0.05, 0) is 78.1 Å². The highest BCUT2D eigenvalue weighted by Crippen LogP contribution is 2.35. The van der Waals surface area contributed by atoms with Crippen LogP contribution in [0.4, 0.5) is 4.39 Å².